The number of benzene rings is 1. The lowest BCUT2D eigenvalue weighted by atomic mass is 10.2. The van der Waals surface area contributed by atoms with E-state index in [9.17, 15) is 9.90 Å². The first-order valence-electron chi connectivity index (χ1n) is 8.14. The first-order valence-corrected chi connectivity index (χ1v) is 9.02. The molecule has 0 spiro atoms. The van der Waals surface area contributed by atoms with Crippen molar-refractivity contribution >= 4 is 28.7 Å². The highest BCUT2D eigenvalue weighted by atomic mass is 32.1. The van der Waals surface area contributed by atoms with Crippen LogP contribution in [0.25, 0.3) is 16.2 Å². The molecule has 0 aliphatic rings. The molecule has 3 heterocycles. The van der Waals surface area contributed by atoms with Gasteiger partial charge in [-0.3, -0.25) is 9.20 Å². The van der Waals surface area contributed by atoms with Gasteiger partial charge >= 0.3 is 0 Å². The summed E-state index contributed by atoms with van der Waals surface area (Å²) in [5.74, 6) is 0.225. The van der Waals surface area contributed by atoms with E-state index < -0.39 is 0 Å². The fourth-order valence-corrected chi connectivity index (χ4v) is 3.59. The van der Waals surface area contributed by atoms with Gasteiger partial charge in [-0.25, -0.2) is 9.97 Å². The van der Waals surface area contributed by atoms with Crippen molar-refractivity contribution in [2.75, 3.05) is 11.9 Å². The predicted octanol–water partition coefficient (Wildman–Crippen LogP) is 3.24. The Morgan fingerprint density at radius 1 is 1.19 bits per heavy atom. The number of anilines is 1. The molecule has 0 bridgehead atoms. The summed E-state index contributed by atoms with van der Waals surface area (Å²) in [5.41, 5.74) is 2.97. The molecule has 0 aliphatic heterocycles. The number of aliphatic hydroxyl groups excluding tert-OH is 1. The van der Waals surface area contributed by atoms with Gasteiger partial charge in [0.1, 0.15) is 5.82 Å². The molecular formula is C19H16N4O2S. The monoisotopic (exact) mass is 364 g/mol. The lowest BCUT2D eigenvalue weighted by Crippen LogP contribution is -2.13. The maximum Gasteiger partial charge on any atom is 0.256 e. The van der Waals surface area contributed by atoms with E-state index in [1.54, 1.807) is 35.9 Å². The Kier molecular flexibility index (Phi) is 4.47. The Morgan fingerprint density at radius 2 is 2.04 bits per heavy atom. The largest absolute Gasteiger partial charge is 0.396 e. The second kappa shape index (κ2) is 7.07. The quantitative estimate of drug-likeness (QED) is 0.570. The molecule has 0 saturated carbocycles. The van der Waals surface area contributed by atoms with Crippen molar-refractivity contribution < 1.29 is 9.90 Å². The summed E-state index contributed by atoms with van der Waals surface area (Å²) in [5, 5.41) is 14.2. The van der Waals surface area contributed by atoms with Gasteiger partial charge in [-0.05, 0) is 23.6 Å². The van der Waals surface area contributed by atoms with Crippen LogP contribution in [0.3, 0.4) is 0 Å². The van der Waals surface area contributed by atoms with Gasteiger partial charge in [0.15, 0.2) is 5.65 Å². The predicted molar refractivity (Wildman–Crippen MR) is 101 cm³/mol. The highest BCUT2D eigenvalue weighted by Gasteiger charge is 2.16. The van der Waals surface area contributed by atoms with E-state index in [4.69, 9.17) is 0 Å². The van der Waals surface area contributed by atoms with Crippen LogP contribution in [0.4, 0.5) is 5.82 Å². The van der Waals surface area contributed by atoms with E-state index in [1.807, 2.05) is 40.1 Å². The van der Waals surface area contributed by atoms with E-state index in [1.165, 1.54) is 0 Å². The third-order valence-electron chi connectivity index (χ3n) is 3.96. The smallest absolute Gasteiger partial charge is 0.256 e. The summed E-state index contributed by atoms with van der Waals surface area (Å²) < 4.78 is 1.91. The molecule has 2 N–H and O–H groups in total. The van der Waals surface area contributed by atoms with Crippen LogP contribution >= 0.6 is 11.3 Å². The van der Waals surface area contributed by atoms with Crippen LogP contribution in [0.5, 0.6) is 0 Å². The SMILES string of the molecule is O=C(Nc1cn2c(-c3cccs3)c(CCO)nc2cn1)c1ccccc1. The van der Waals surface area contributed by atoms with E-state index in [0.29, 0.717) is 23.4 Å². The van der Waals surface area contributed by atoms with Crippen LogP contribution in [0.2, 0.25) is 0 Å². The molecule has 0 aliphatic carbocycles. The maximum atomic E-state index is 12.4. The standard InChI is InChI=1S/C19H16N4O2S/c24-9-8-14-18(15-7-4-10-26-15)23-12-16(20-11-17(23)21-14)22-19(25)13-5-2-1-3-6-13/h1-7,10-12,24H,8-9H2,(H,22,25). The summed E-state index contributed by atoms with van der Waals surface area (Å²) in [4.78, 5) is 22.3. The summed E-state index contributed by atoms with van der Waals surface area (Å²) in [6, 6.07) is 13.0. The molecular weight excluding hydrogens is 348 g/mol. The highest BCUT2D eigenvalue weighted by Crippen LogP contribution is 2.30. The van der Waals surface area contributed by atoms with Crippen LogP contribution in [-0.2, 0) is 6.42 Å². The van der Waals surface area contributed by atoms with Gasteiger partial charge < -0.3 is 10.4 Å². The summed E-state index contributed by atoms with van der Waals surface area (Å²) >= 11 is 1.60. The van der Waals surface area contributed by atoms with Crippen LogP contribution < -0.4 is 5.32 Å². The molecule has 4 rings (SSSR count). The molecule has 0 radical (unpaired) electrons. The van der Waals surface area contributed by atoms with Gasteiger partial charge in [0.05, 0.1) is 28.7 Å². The number of nitrogens with zero attached hydrogens (tertiary/aromatic N) is 3. The van der Waals surface area contributed by atoms with Crippen LogP contribution in [0, 0.1) is 0 Å². The van der Waals surface area contributed by atoms with Crippen molar-refractivity contribution in [2.24, 2.45) is 0 Å². The van der Waals surface area contributed by atoms with Crippen LogP contribution in [-0.4, -0.2) is 32.0 Å². The third kappa shape index (κ3) is 3.10. The number of amides is 1. The summed E-state index contributed by atoms with van der Waals surface area (Å²) in [6.45, 7) is 0.0211. The van der Waals surface area contributed by atoms with Gasteiger partial charge in [-0.1, -0.05) is 24.3 Å². The minimum absolute atomic E-state index is 0.0211. The normalized spacial score (nSPS) is 11.0. The van der Waals surface area contributed by atoms with E-state index in [0.717, 1.165) is 16.3 Å². The molecule has 6 nitrogen and oxygen atoms in total. The number of nitrogens with one attached hydrogen (secondary N) is 1. The number of rotatable bonds is 5. The van der Waals surface area contributed by atoms with Gasteiger partial charge in [-0.15, -0.1) is 11.3 Å². The Labute approximate surface area is 153 Å². The number of hydrogen-bond donors (Lipinski definition) is 2. The van der Waals surface area contributed by atoms with Crippen molar-refractivity contribution in [3.05, 3.63) is 71.5 Å². The Balaban J connectivity index is 1.74. The second-order valence-electron chi connectivity index (χ2n) is 5.68. The highest BCUT2D eigenvalue weighted by molar-refractivity contribution is 7.13. The van der Waals surface area contributed by atoms with Crippen LogP contribution in [0.1, 0.15) is 16.1 Å². The van der Waals surface area contributed by atoms with E-state index in [-0.39, 0.29) is 12.5 Å². The number of thiophene rings is 1. The topological polar surface area (TPSA) is 79.5 Å². The van der Waals surface area contributed by atoms with Gasteiger partial charge in [0.2, 0.25) is 0 Å². The Bertz CT molecular complexity index is 1040. The minimum atomic E-state index is -0.217. The summed E-state index contributed by atoms with van der Waals surface area (Å²) in [6.07, 6.45) is 3.85. The lowest BCUT2D eigenvalue weighted by Gasteiger charge is -2.06. The van der Waals surface area contributed by atoms with Crippen molar-refractivity contribution in [1.82, 2.24) is 14.4 Å². The van der Waals surface area contributed by atoms with Crippen molar-refractivity contribution in [3.63, 3.8) is 0 Å². The zero-order valence-electron chi connectivity index (χ0n) is 13.8. The van der Waals surface area contributed by atoms with Crippen molar-refractivity contribution in [2.45, 2.75) is 6.42 Å². The molecule has 1 amide bonds. The van der Waals surface area contributed by atoms with E-state index in [2.05, 4.69) is 15.3 Å². The number of aliphatic hydroxyl groups is 1. The first-order chi connectivity index (χ1) is 12.8. The number of carbonyl (C=O) groups excluding carboxylic acids is 1. The Morgan fingerprint density at radius 3 is 2.77 bits per heavy atom. The van der Waals surface area contributed by atoms with Gasteiger partial charge in [0, 0.05) is 18.6 Å². The van der Waals surface area contributed by atoms with Gasteiger partial charge in [0.25, 0.3) is 5.91 Å². The lowest BCUT2D eigenvalue weighted by molar-refractivity contribution is 0.102. The van der Waals surface area contributed by atoms with Crippen molar-refractivity contribution in [3.8, 4) is 10.6 Å². The molecule has 0 saturated heterocycles. The maximum absolute atomic E-state index is 12.4. The molecule has 7 heteroatoms. The fraction of sp³-hybridized carbons (Fsp3) is 0.105. The molecule has 0 atom stereocenters. The molecule has 3 aromatic heterocycles. The average Bonchev–Trinajstić information content (AvgIpc) is 3.29. The molecule has 26 heavy (non-hydrogen) atoms. The fourth-order valence-electron chi connectivity index (χ4n) is 2.80. The number of imidazole rings is 1. The van der Waals surface area contributed by atoms with E-state index >= 15 is 0 Å². The molecule has 130 valence electrons. The first kappa shape index (κ1) is 16.4. The molecule has 1 aromatic carbocycles. The third-order valence-corrected chi connectivity index (χ3v) is 4.84. The number of hydrogen-bond acceptors (Lipinski definition) is 5. The summed E-state index contributed by atoms with van der Waals surface area (Å²) in [7, 11) is 0. The van der Waals surface area contributed by atoms with Crippen molar-refractivity contribution in [1.29, 1.82) is 0 Å². The zero-order valence-corrected chi connectivity index (χ0v) is 14.6. The van der Waals surface area contributed by atoms with Gasteiger partial charge in [-0.2, -0.15) is 0 Å². The molecule has 4 aromatic rings. The minimum Gasteiger partial charge on any atom is -0.396 e. The van der Waals surface area contributed by atoms with Crippen LogP contribution in [0.15, 0.2) is 60.2 Å². The molecule has 0 fully saturated rings. The molecule has 0 unspecified atom stereocenters. The second-order valence-corrected chi connectivity index (χ2v) is 6.63. The number of aromatic nitrogens is 3. The number of fused-ring (bicyclic) bond motifs is 1. The zero-order chi connectivity index (χ0) is 17.9. The average molecular weight is 364 g/mol. The number of carbonyl (C=O) groups is 1. The Hall–Kier alpha value is -3.03.